The molecule has 188 valence electrons. The second kappa shape index (κ2) is 12.8. The summed E-state index contributed by atoms with van der Waals surface area (Å²) >= 11 is 0. The van der Waals surface area contributed by atoms with Crippen molar-refractivity contribution in [3.8, 4) is 11.1 Å². The summed E-state index contributed by atoms with van der Waals surface area (Å²) in [7, 11) is 0. The van der Waals surface area contributed by atoms with E-state index in [-0.39, 0.29) is 18.9 Å². The Labute approximate surface area is 202 Å². The van der Waals surface area contributed by atoms with E-state index in [1.165, 1.54) is 0 Å². The minimum atomic E-state index is -2.93. The molecule has 1 aliphatic rings. The fourth-order valence-electron chi connectivity index (χ4n) is 4.25. The molecule has 0 spiro atoms. The van der Waals surface area contributed by atoms with Crippen LogP contribution in [0, 0.1) is 0 Å². The Morgan fingerprint density at radius 1 is 0.914 bits per heavy atom. The fraction of sp³-hybridized carbons (Fsp3) is 0.423. The topological polar surface area (TPSA) is 105 Å². The van der Waals surface area contributed by atoms with Gasteiger partial charge in [-0.15, -0.1) is 0 Å². The summed E-state index contributed by atoms with van der Waals surface area (Å²) in [6.45, 7) is 0.288. The van der Waals surface area contributed by atoms with Crippen LogP contribution in [0.5, 0.6) is 0 Å². The van der Waals surface area contributed by atoms with Crippen LogP contribution >= 0.6 is 0 Å². The van der Waals surface area contributed by atoms with E-state index in [9.17, 15) is 23.2 Å². The smallest absolute Gasteiger partial charge is 0.407 e. The number of nitrogens with one attached hydrogen (secondary N) is 2. The number of unbranched alkanes of at least 4 members (excludes halogenated alkanes) is 3. The molecule has 0 aromatic heterocycles. The molecule has 2 aromatic carbocycles. The first-order chi connectivity index (χ1) is 16.9. The van der Waals surface area contributed by atoms with Gasteiger partial charge < -0.3 is 20.5 Å². The number of hydrogen-bond acceptors (Lipinski definition) is 4. The molecule has 0 heterocycles. The molecule has 9 heteroatoms. The van der Waals surface area contributed by atoms with Crippen molar-refractivity contribution in [1.29, 1.82) is 0 Å². The van der Waals surface area contributed by atoms with Gasteiger partial charge in [0.1, 0.15) is 12.6 Å². The van der Waals surface area contributed by atoms with Gasteiger partial charge in [0.15, 0.2) is 0 Å². The van der Waals surface area contributed by atoms with Crippen molar-refractivity contribution >= 4 is 18.0 Å². The predicted molar refractivity (Wildman–Crippen MR) is 126 cm³/mol. The maximum Gasteiger partial charge on any atom is 0.407 e. The number of carboxylic acid groups (broad SMARTS) is 1. The van der Waals surface area contributed by atoms with E-state index in [2.05, 4.69) is 10.6 Å². The van der Waals surface area contributed by atoms with Crippen LogP contribution in [0.4, 0.5) is 13.6 Å². The Kier molecular flexibility index (Phi) is 9.57. The summed E-state index contributed by atoms with van der Waals surface area (Å²) in [4.78, 5) is 34.8. The molecule has 0 bridgehead atoms. The van der Waals surface area contributed by atoms with Crippen LogP contribution in [0.3, 0.4) is 0 Å². The number of amides is 2. The first-order valence-electron chi connectivity index (χ1n) is 11.7. The molecule has 0 fully saturated rings. The van der Waals surface area contributed by atoms with Gasteiger partial charge in [-0.25, -0.2) is 13.6 Å². The van der Waals surface area contributed by atoms with Crippen molar-refractivity contribution < 1.29 is 33.0 Å². The number of aliphatic carboxylic acids is 1. The minimum absolute atomic E-state index is 0.0100. The monoisotopic (exact) mass is 488 g/mol. The molecule has 0 saturated heterocycles. The van der Waals surface area contributed by atoms with Gasteiger partial charge in [-0.3, -0.25) is 9.59 Å². The molecule has 0 saturated carbocycles. The van der Waals surface area contributed by atoms with E-state index in [0.29, 0.717) is 25.8 Å². The lowest BCUT2D eigenvalue weighted by Crippen LogP contribution is -2.44. The number of alkyl carbamates (subject to hydrolysis) is 1. The molecule has 35 heavy (non-hydrogen) atoms. The summed E-state index contributed by atoms with van der Waals surface area (Å²) in [5, 5.41) is 13.3. The van der Waals surface area contributed by atoms with Gasteiger partial charge in [0.25, 0.3) is 6.43 Å². The maximum atomic E-state index is 13.5. The lowest BCUT2D eigenvalue weighted by molar-refractivity contribution is -0.137. The number of fused-ring (bicyclic) bond motifs is 3. The fourth-order valence-corrected chi connectivity index (χ4v) is 4.25. The molecule has 0 aliphatic heterocycles. The van der Waals surface area contributed by atoms with Crippen LogP contribution in [-0.2, 0) is 14.3 Å². The van der Waals surface area contributed by atoms with Crippen LogP contribution in [0.1, 0.15) is 55.6 Å². The molecule has 1 atom stereocenters. The van der Waals surface area contributed by atoms with Gasteiger partial charge in [0.2, 0.25) is 5.91 Å². The molecule has 7 nitrogen and oxygen atoms in total. The van der Waals surface area contributed by atoms with Gasteiger partial charge in [0, 0.05) is 18.9 Å². The molecule has 3 rings (SSSR count). The number of alkyl halides is 2. The summed E-state index contributed by atoms with van der Waals surface area (Å²) in [6, 6.07) is 13.9. The summed E-state index contributed by atoms with van der Waals surface area (Å²) < 4.78 is 32.2. The van der Waals surface area contributed by atoms with E-state index in [1.807, 2.05) is 48.5 Å². The SMILES string of the molecule is O=C(O)CCCCCCNC(=O)CC(NC(=O)OCC1c2ccccc2-c2ccccc21)C(F)F. The Morgan fingerprint density at radius 2 is 1.51 bits per heavy atom. The number of halogens is 2. The van der Waals surface area contributed by atoms with Gasteiger partial charge >= 0.3 is 12.1 Å². The highest BCUT2D eigenvalue weighted by molar-refractivity contribution is 5.79. The zero-order valence-electron chi connectivity index (χ0n) is 19.3. The van der Waals surface area contributed by atoms with Crippen LogP contribution in [-0.4, -0.2) is 48.7 Å². The maximum absolute atomic E-state index is 13.5. The molecular formula is C26H30F2N2O5. The molecule has 2 aromatic rings. The van der Waals surface area contributed by atoms with Crippen molar-refractivity contribution in [3.05, 3.63) is 59.7 Å². The zero-order chi connectivity index (χ0) is 25.2. The highest BCUT2D eigenvalue weighted by Crippen LogP contribution is 2.44. The molecule has 2 amide bonds. The Hall–Kier alpha value is -3.49. The first kappa shape index (κ1) is 26.1. The van der Waals surface area contributed by atoms with E-state index in [4.69, 9.17) is 9.84 Å². The van der Waals surface area contributed by atoms with E-state index < -0.39 is 36.9 Å². The Bertz CT molecular complexity index is 985. The van der Waals surface area contributed by atoms with E-state index in [1.54, 1.807) is 0 Å². The quantitative estimate of drug-likeness (QED) is 0.355. The highest BCUT2D eigenvalue weighted by atomic mass is 19.3. The molecule has 0 radical (unpaired) electrons. The van der Waals surface area contributed by atoms with Crippen LogP contribution in [0.2, 0.25) is 0 Å². The van der Waals surface area contributed by atoms with Crippen LogP contribution < -0.4 is 10.6 Å². The van der Waals surface area contributed by atoms with Crippen LogP contribution in [0.15, 0.2) is 48.5 Å². The molecular weight excluding hydrogens is 458 g/mol. The third-order valence-electron chi connectivity index (χ3n) is 6.00. The lowest BCUT2D eigenvalue weighted by atomic mass is 9.98. The van der Waals surface area contributed by atoms with Crippen molar-refractivity contribution in [2.75, 3.05) is 13.2 Å². The average Bonchev–Trinajstić information content (AvgIpc) is 3.15. The third-order valence-corrected chi connectivity index (χ3v) is 6.00. The molecule has 1 unspecified atom stereocenters. The Balaban J connectivity index is 1.44. The lowest BCUT2D eigenvalue weighted by Gasteiger charge is -2.19. The summed E-state index contributed by atoms with van der Waals surface area (Å²) in [5.41, 5.74) is 4.13. The van der Waals surface area contributed by atoms with Crippen molar-refractivity contribution in [3.63, 3.8) is 0 Å². The van der Waals surface area contributed by atoms with E-state index in [0.717, 1.165) is 28.7 Å². The second-order valence-electron chi connectivity index (χ2n) is 8.52. The largest absolute Gasteiger partial charge is 0.481 e. The number of carbonyl (C=O) groups excluding carboxylic acids is 2. The van der Waals surface area contributed by atoms with Crippen molar-refractivity contribution in [2.45, 2.75) is 56.9 Å². The minimum Gasteiger partial charge on any atom is -0.481 e. The number of carbonyl (C=O) groups is 3. The second-order valence-corrected chi connectivity index (χ2v) is 8.52. The van der Waals surface area contributed by atoms with Gasteiger partial charge in [0.05, 0.1) is 6.42 Å². The number of carboxylic acids is 1. The highest BCUT2D eigenvalue weighted by Gasteiger charge is 2.30. The van der Waals surface area contributed by atoms with Gasteiger partial charge in [-0.1, -0.05) is 61.4 Å². The third kappa shape index (κ3) is 7.50. The average molecular weight is 489 g/mol. The predicted octanol–water partition coefficient (Wildman–Crippen LogP) is 4.70. The van der Waals surface area contributed by atoms with Crippen molar-refractivity contribution in [2.24, 2.45) is 0 Å². The molecule has 1 aliphatic carbocycles. The van der Waals surface area contributed by atoms with E-state index >= 15 is 0 Å². The standard InChI is InChI=1S/C26H30F2N2O5/c27-25(28)22(15-23(31)29-14-8-2-1-3-13-24(32)33)30-26(34)35-16-21-19-11-6-4-9-17(19)18-10-5-7-12-20(18)21/h4-7,9-12,21-22,25H,1-3,8,13-16H2,(H,29,31)(H,30,34)(H,32,33). The van der Waals surface area contributed by atoms with Crippen LogP contribution in [0.25, 0.3) is 11.1 Å². The summed E-state index contributed by atoms with van der Waals surface area (Å²) in [5.74, 6) is -1.64. The Morgan fingerprint density at radius 3 is 2.11 bits per heavy atom. The first-order valence-corrected chi connectivity index (χ1v) is 11.7. The zero-order valence-corrected chi connectivity index (χ0v) is 19.3. The van der Waals surface area contributed by atoms with Crippen molar-refractivity contribution in [1.82, 2.24) is 10.6 Å². The number of rotatable bonds is 13. The number of hydrogen-bond donors (Lipinski definition) is 3. The van der Waals surface area contributed by atoms with Gasteiger partial charge in [-0.05, 0) is 35.1 Å². The molecule has 3 N–H and O–H groups in total. The van der Waals surface area contributed by atoms with Gasteiger partial charge in [-0.2, -0.15) is 0 Å². The number of benzene rings is 2. The number of ether oxygens (including phenoxy) is 1. The summed E-state index contributed by atoms with van der Waals surface area (Å²) in [6.07, 6.45) is -1.79. The normalized spacial score (nSPS) is 13.1.